The van der Waals surface area contributed by atoms with Crippen LogP contribution in [0, 0.1) is 0 Å². The molecule has 0 saturated heterocycles. The lowest BCUT2D eigenvalue weighted by Gasteiger charge is -2.05. The molecule has 0 unspecified atom stereocenters. The number of nitrogens with two attached hydrogens (primary N) is 1. The molecule has 2 rings (SSSR count). The topological polar surface area (TPSA) is 110 Å². The molecule has 1 heterocycles. The number of hydrogen-bond donors (Lipinski definition) is 3. The van der Waals surface area contributed by atoms with Gasteiger partial charge in [-0.3, -0.25) is 4.79 Å². The maximum atomic E-state index is 10.7. The first-order chi connectivity index (χ1) is 9.09. The van der Waals surface area contributed by atoms with Crippen LogP contribution in [0.4, 0.5) is 0 Å². The van der Waals surface area contributed by atoms with Crippen molar-refractivity contribution in [3.63, 3.8) is 0 Å². The Hall–Kier alpha value is -2.34. The Morgan fingerprint density at radius 2 is 2.05 bits per heavy atom. The van der Waals surface area contributed by atoms with Crippen LogP contribution in [0.5, 0.6) is 5.88 Å². The van der Waals surface area contributed by atoms with Gasteiger partial charge in [0.1, 0.15) is 6.04 Å². The fourth-order valence-electron chi connectivity index (χ4n) is 1.77. The first-order valence-electron chi connectivity index (χ1n) is 5.81. The summed E-state index contributed by atoms with van der Waals surface area (Å²) < 4.78 is 5.09. The lowest BCUT2D eigenvalue weighted by Crippen LogP contribution is -2.30. The molecule has 19 heavy (non-hydrogen) atoms. The normalized spacial score (nSPS) is 12.3. The molecule has 1 aromatic carbocycles. The van der Waals surface area contributed by atoms with E-state index in [0.717, 1.165) is 5.56 Å². The fraction of sp³-hybridized carbons (Fsp3) is 0.231. The molecule has 0 amide bonds. The molecule has 2 aromatic rings. The third-order valence-corrected chi connectivity index (χ3v) is 2.83. The van der Waals surface area contributed by atoms with Crippen molar-refractivity contribution in [1.29, 1.82) is 0 Å². The highest BCUT2D eigenvalue weighted by Crippen LogP contribution is 2.30. The van der Waals surface area contributed by atoms with Crippen molar-refractivity contribution in [3.05, 3.63) is 35.9 Å². The lowest BCUT2D eigenvalue weighted by molar-refractivity contribution is -0.138. The van der Waals surface area contributed by atoms with E-state index < -0.39 is 12.0 Å². The second-order valence-corrected chi connectivity index (χ2v) is 4.16. The number of aromatic nitrogens is 1. The quantitative estimate of drug-likeness (QED) is 0.751. The Balaban J connectivity index is 2.21. The molecule has 6 heteroatoms. The summed E-state index contributed by atoms with van der Waals surface area (Å²) in [5.74, 6) is -0.857. The van der Waals surface area contributed by atoms with Crippen molar-refractivity contribution in [2.75, 3.05) is 0 Å². The molecule has 100 valence electrons. The van der Waals surface area contributed by atoms with E-state index in [9.17, 15) is 9.90 Å². The Morgan fingerprint density at radius 1 is 1.37 bits per heavy atom. The molecule has 1 atom stereocenters. The molecule has 0 saturated carbocycles. The van der Waals surface area contributed by atoms with Crippen molar-refractivity contribution in [3.8, 4) is 17.2 Å². The van der Waals surface area contributed by atoms with Crippen molar-refractivity contribution in [2.24, 2.45) is 5.73 Å². The molecule has 0 radical (unpaired) electrons. The Bertz CT molecular complexity index is 565. The standard InChI is InChI=1S/C13H14N2O4/c14-10(13(17)18)7-6-9-11(19-15-12(9)16)8-4-2-1-3-5-8/h1-5,10H,6-7,14H2,(H,15,16)(H,17,18)/t10-/m0/s1. The minimum atomic E-state index is -1.07. The third-order valence-electron chi connectivity index (χ3n) is 2.83. The van der Waals surface area contributed by atoms with E-state index in [4.69, 9.17) is 15.4 Å². The molecular formula is C13H14N2O4. The van der Waals surface area contributed by atoms with Gasteiger partial charge < -0.3 is 20.5 Å². The zero-order valence-electron chi connectivity index (χ0n) is 10.1. The number of carboxylic acid groups (broad SMARTS) is 1. The Kier molecular flexibility index (Phi) is 3.82. The molecule has 1 aromatic heterocycles. The zero-order valence-corrected chi connectivity index (χ0v) is 10.1. The number of aromatic hydroxyl groups is 1. The molecule has 0 spiro atoms. The van der Waals surface area contributed by atoms with Crippen molar-refractivity contribution in [2.45, 2.75) is 18.9 Å². The average Bonchev–Trinajstić information content (AvgIpc) is 2.78. The number of benzene rings is 1. The number of aliphatic carboxylic acids is 1. The molecule has 0 aliphatic heterocycles. The van der Waals surface area contributed by atoms with Gasteiger partial charge in [0.15, 0.2) is 5.76 Å². The number of hydrogen-bond acceptors (Lipinski definition) is 5. The van der Waals surface area contributed by atoms with Crippen molar-refractivity contribution < 1.29 is 19.5 Å². The van der Waals surface area contributed by atoms with Gasteiger partial charge in [0, 0.05) is 5.56 Å². The SMILES string of the molecule is N[C@@H](CCc1c(O)noc1-c1ccccc1)C(=O)O. The fourth-order valence-corrected chi connectivity index (χ4v) is 1.77. The minimum Gasteiger partial charge on any atom is -0.491 e. The second-order valence-electron chi connectivity index (χ2n) is 4.16. The maximum Gasteiger partial charge on any atom is 0.320 e. The molecule has 6 nitrogen and oxygen atoms in total. The summed E-state index contributed by atoms with van der Waals surface area (Å²) in [7, 11) is 0. The maximum absolute atomic E-state index is 10.7. The van der Waals surface area contributed by atoms with Crippen molar-refractivity contribution >= 4 is 5.97 Å². The van der Waals surface area contributed by atoms with E-state index in [1.807, 2.05) is 30.3 Å². The molecule has 0 fully saturated rings. The summed E-state index contributed by atoms with van der Waals surface area (Å²) in [6, 6.07) is 8.20. The van der Waals surface area contributed by atoms with E-state index >= 15 is 0 Å². The lowest BCUT2D eigenvalue weighted by atomic mass is 10.0. The van der Waals surface area contributed by atoms with E-state index in [2.05, 4.69) is 5.16 Å². The van der Waals surface area contributed by atoms with Gasteiger partial charge in [-0.15, -0.1) is 0 Å². The average molecular weight is 262 g/mol. The highest BCUT2D eigenvalue weighted by molar-refractivity contribution is 5.73. The summed E-state index contributed by atoms with van der Waals surface area (Å²) in [6.07, 6.45) is 0.483. The number of rotatable bonds is 5. The zero-order chi connectivity index (χ0) is 13.8. The highest BCUT2D eigenvalue weighted by Gasteiger charge is 2.19. The van der Waals surface area contributed by atoms with Crippen LogP contribution in [0.15, 0.2) is 34.9 Å². The van der Waals surface area contributed by atoms with E-state index in [1.165, 1.54) is 0 Å². The number of nitrogens with zero attached hydrogens (tertiary/aromatic N) is 1. The summed E-state index contributed by atoms with van der Waals surface area (Å²) >= 11 is 0. The number of carboxylic acids is 1. The molecule has 4 N–H and O–H groups in total. The van der Waals surface area contributed by atoms with Crippen LogP contribution >= 0.6 is 0 Å². The smallest absolute Gasteiger partial charge is 0.320 e. The highest BCUT2D eigenvalue weighted by atomic mass is 16.5. The molecular weight excluding hydrogens is 248 g/mol. The van der Waals surface area contributed by atoms with Gasteiger partial charge in [-0.25, -0.2) is 0 Å². The summed E-state index contributed by atoms with van der Waals surface area (Å²) in [5.41, 5.74) is 6.69. The van der Waals surface area contributed by atoms with E-state index in [1.54, 1.807) is 0 Å². The molecule has 0 aliphatic rings. The predicted molar refractivity (Wildman–Crippen MR) is 67.5 cm³/mol. The van der Waals surface area contributed by atoms with Crippen LogP contribution in [-0.4, -0.2) is 27.4 Å². The van der Waals surface area contributed by atoms with E-state index in [-0.39, 0.29) is 18.7 Å². The van der Waals surface area contributed by atoms with Crippen LogP contribution < -0.4 is 5.73 Å². The monoisotopic (exact) mass is 262 g/mol. The van der Waals surface area contributed by atoms with Gasteiger partial charge in [0.25, 0.3) is 5.88 Å². The van der Waals surface area contributed by atoms with Gasteiger partial charge in [-0.1, -0.05) is 30.3 Å². The van der Waals surface area contributed by atoms with Crippen LogP contribution in [-0.2, 0) is 11.2 Å². The first kappa shape index (κ1) is 13.1. The number of carbonyl (C=O) groups is 1. The minimum absolute atomic E-state index is 0.198. The van der Waals surface area contributed by atoms with Crippen LogP contribution in [0.3, 0.4) is 0 Å². The first-order valence-corrected chi connectivity index (χ1v) is 5.81. The largest absolute Gasteiger partial charge is 0.491 e. The van der Waals surface area contributed by atoms with Crippen LogP contribution in [0.2, 0.25) is 0 Å². The van der Waals surface area contributed by atoms with Gasteiger partial charge in [-0.05, 0) is 18.0 Å². The third kappa shape index (κ3) is 2.92. The summed E-state index contributed by atoms with van der Waals surface area (Å²) in [6.45, 7) is 0. The van der Waals surface area contributed by atoms with Gasteiger partial charge in [-0.2, -0.15) is 0 Å². The summed E-state index contributed by atoms with van der Waals surface area (Å²) in [4.78, 5) is 10.7. The Morgan fingerprint density at radius 3 is 2.68 bits per heavy atom. The second kappa shape index (κ2) is 5.53. The van der Waals surface area contributed by atoms with Crippen LogP contribution in [0.1, 0.15) is 12.0 Å². The predicted octanol–water partition coefficient (Wildman–Crippen LogP) is 1.39. The van der Waals surface area contributed by atoms with Gasteiger partial charge >= 0.3 is 5.97 Å². The Labute approximate surface area is 109 Å². The summed E-state index contributed by atoms with van der Waals surface area (Å²) in [5, 5.41) is 21.9. The van der Waals surface area contributed by atoms with Gasteiger partial charge in [0.05, 0.1) is 5.56 Å². The van der Waals surface area contributed by atoms with Gasteiger partial charge in [0.2, 0.25) is 0 Å². The molecule has 0 bridgehead atoms. The van der Waals surface area contributed by atoms with E-state index in [0.29, 0.717) is 11.3 Å². The molecule has 0 aliphatic carbocycles. The van der Waals surface area contributed by atoms with Crippen LogP contribution in [0.25, 0.3) is 11.3 Å². The van der Waals surface area contributed by atoms with Crippen molar-refractivity contribution in [1.82, 2.24) is 5.16 Å².